The van der Waals surface area contributed by atoms with E-state index in [-0.39, 0.29) is 11.8 Å². The van der Waals surface area contributed by atoms with Crippen LogP contribution < -0.4 is 0 Å². The third-order valence-electron chi connectivity index (χ3n) is 5.33. The number of hydrogen-bond donors (Lipinski definition) is 5. The highest BCUT2D eigenvalue weighted by atomic mass is 16.6. The number of fused-ring (bicyclic) bond motifs is 1. The number of allylic oxidation sites excluding steroid dienone is 2. The van der Waals surface area contributed by atoms with E-state index >= 15 is 0 Å². The summed E-state index contributed by atoms with van der Waals surface area (Å²) in [6.45, 7) is 5.32. The molecule has 0 radical (unpaired) electrons. The van der Waals surface area contributed by atoms with Gasteiger partial charge in [-0.05, 0) is 12.8 Å². The van der Waals surface area contributed by atoms with E-state index in [1.165, 1.54) is 13.0 Å². The lowest BCUT2D eigenvalue weighted by Gasteiger charge is -2.50. The minimum absolute atomic E-state index is 0.161. The first-order chi connectivity index (χ1) is 11.7. The quantitative estimate of drug-likeness (QED) is 0.363. The second-order valence-electron chi connectivity index (χ2n) is 7.25. The average Bonchev–Trinajstić information content (AvgIpc) is 2.57. The molecule has 6 nitrogen and oxygen atoms in total. The van der Waals surface area contributed by atoms with Crippen molar-refractivity contribution >= 4 is 0 Å². The van der Waals surface area contributed by atoms with Crippen molar-refractivity contribution in [2.75, 3.05) is 0 Å². The molecule has 2 aliphatic rings. The van der Waals surface area contributed by atoms with E-state index in [0.29, 0.717) is 0 Å². The number of aliphatic hydroxyl groups excluding tert-OH is 4. The van der Waals surface area contributed by atoms with Crippen LogP contribution in [0.4, 0.5) is 0 Å². The molecule has 0 amide bonds. The SMILES string of the molecule is CCC(C)C(O)C=CC=CC1OC(C)(O)C(O)C2C(O)C(O)C=CC12. The van der Waals surface area contributed by atoms with Crippen molar-refractivity contribution in [2.45, 2.75) is 63.5 Å². The van der Waals surface area contributed by atoms with Crippen LogP contribution in [0, 0.1) is 17.8 Å². The number of ether oxygens (including phenoxy) is 1. The molecule has 1 aliphatic carbocycles. The van der Waals surface area contributed by atoms with Gasteiger partial charge in [0.1, 0.15) is 6.10 Å². The van der Waals surface area contributed by atoms with Crippen molar-refractivity contribution in [3.05, 3.63) is 36.5 Å². The summed E-state index contributed by atoms with van der Waals surface area (Å²) in [6.07, 6.45) is 6.19. The molecular formula is C19H30O6. The normalized spacial score (nSPS) is 44.2. The lowest BCUT2D eigenvalue weighted by Crippen LogP contribution is -2.62. The summed E-state index contributed by atoms with van der Waals surface area (Å²) >= 11 is 0. The smallest absolute Gasteiger partial charge is 0.190 e. The van der Waals surface area contributed by atoms with E-state index in [2.05, 4.69) is 0 Å². The van der Waals surface area contributed by atoms with E-state index in [1.54, 1.807) is 30.4 Å². The van der Waals surface area contributed by atoms with Crippen LogP contribution >= 0.6 is 0 Å². The van der Waals surface area contributed by atoms with Gasteiger partial charge in [-0.15, -0.1) is 0 Å². The lowest BCUT2D eigenvalue weighted by molar-refractivity contribution is -0.318. The topological polar surface area (TPSA) is 110 Å². The van der Waals surface area contributed by atoms with Crippen molar-refractivity contribution < 1.29 is 30.3 Å². The van der Waals surface area contributed by atoms with Gasteiger partial charge in [0.2, 0.25) is 0 Å². The van der Waals surface area contributed by atoms with Crippen LogP contribution in [-0.4, -0.2) is 61.8 Å². The van der Waals surface area contributed by atoms with Gasteiger partial charge in [-0.25, -0.2) is 0 Å². The molecule has 1 heterocycles. The fourth-order valence-electron chi connectivity index (χ4n) is 3.40. The van der Waals surface area contributed by atoms with Crippen molar-refractivity contribution in [1.82, 2.24) is 0 Å². The molecule has 0 saturated carbocycles. The van der Waals surface area contributed by atoms with Gasteiger partial charge >= 0.3 is 0 Å². The van der Waals surface area contributed by atoms with Gasteiger partial charge in [0.15, 0.2) is 5.79 Å². The van der Waals surface area contributed by atoms with E-state index in [9.17, 15) is 25.5 Å². The Morgan fingerprint density at radius 2 is 1.88 bits per heavy atom. The van der Waals surface area contributed by atoms with E-state index in [1.807, 2.05) is 13.8 Å². The molecule has 5 N–H and O–H groups in total. The Morgan fingerprint density at radius 1 is 1.20 bits per heavy atom. The molecule has 1 aliphatic heterocycles. The predicted octanol–water partition coefficient (Wildman–Crippen LogP) is 0.498. The van der Waals surface area contributed by atoms with Crippen LogP contribution in [0.1, 0.15) is 27.2 Å². The lowest BCUT2D eigenvalue weighted by atomic mass is 9.70. The van der Waals surface area contributed by atoms with Crippen LogP contribution in [0.5, 0.6) is 0 Å². The Labute approximate surface area is 148 Å². The Balaban J connectivity index is 2.15. The summed E-state index contributed by atoms with van der Waals surface area (Å²) in [5.74, 6) is -2.79. The van der Waals surface area contributed by atoms with Crippen LogP contribution in [0.2, 0.25) is 0 Å². The maximum atomic E-state index is 10.3. The Morgan fingerprint density at radius 3 is 2.52 bits per heavy atom. The van der Waals surface area contributed by atoms with Gasteiger partial charge < -0.3 is 30.3 Å². The molecule has 0 aromatic heterocycles. The molecular weight excluding hydrogens is 324 g/mol. The molecule has 2 rings (SSSR count). The van der Waals surface area contributed by atoms with Crippen molar-refractivity contribution in [3.63, 3.8) is 0 Å². The minimum atomic E-state index is -1.83. The summed E-state index contributed by atoms with van der Waals surface area (Å²) in [6, 6.07) is 0. The van der Waals surface area contributed by atoms with E-state index in [4.69, 9.17) is 4.74 Å². The van der Waals surface area contributed by atoms with Crippen molar-refractivity contribution in [2.24, 2.45) is 17.8 Å². The van der Waals surface area contributed by atoms with Crippen LogP contribution in [0.25, 0.3) is 0 Å². The van der Waals surface area contributed by atoms with Crippen LogP contribution in [-0.2, 0) is 4.74 Å². The van der Waals surface area contributed by atoms with Gasteiger partial charge in [-0.1, -0.05) is 56.7 Å². The zero-order valence-electron chi connectivity index (χ0n) is 14.9. The Hall–Kier alpha value is -1.02. The first-order valence-corrected chi connectivity index (χ1v) is 8.84. The molecule has 0 bridgehead atoms. The van der Waals surface area contributed by atoms with Crippen molar-refractivity contribution in [3.8, 4) is 0 Å². The highest BCUT2D eigenvalue weighted by Crippen LogP contribution is 2.42. The zero-order valence-corrected chi connectivity index (χ0v) is 14.9. The van der Waals surface area contributed by atoms with Gasteiger partial charge in [0, 0.05) is 11.8 Å². The molecule has 1 fully saturated rings. The maximum Gasteiger partial charge on any atom is 0.190 e. The fourth-order valence-corrected chi connectivity index (χ4v) is 3.40. The largest absolute Gasteiger partial charge is 0.390 e. The highest BCUT2D eigenvalue weighted by molar-refractivity contribution is 5.18. The molecule has 0 aromatic rings. The zero-order chi connectivity index (χ0) is 18.8. The van der Waals surface area contributed by atoms with Crippen LogP contribution in [0.15, 0.2) is 36.5 Å². The van der Waals surface area contributed by atoms with Gasteiger partial charge in [0.05, 0.1) is 24.4 Å². The highest BCUT2D eigenvalue weighted by Gasteiger charge is 2.53. The Kier molecular flexibility index (Phi) is 6.59. The summed E-state index contributed by atoms with van der Waals surface area (Å²) in [4.78, 5) is 0. The molecule has 6 heteroatoms. The fraction of sp³-hybridized carbons (Fsp3) is 0.684. The Bertz CT molecular complexity index is 526. The first kappa shape index (κ1) is 20.3. The van der Waals surface area contributed by atoms with Gasteiger partial charge in [0.25, 0.3) is 0 Å². The summed E-state index contributed by atoms with van der Waals surface area (Å²) in [5, 5.41) is 50.6. The number of aliphatic hydroxyl groups is 5. The predicted molar refractivity (Wildman–Crippen MR) is 93.4 cm³/mol. The summed E-state index contributed by atoms with van der Waals surface area (Å²) < 4.78 is 5.59. The average molecular weight is 354 g/mol. The van der Waals surface area contributed by atoms with E-state index in [0.717, 1.165) is 6.42 Å². The van der Waals surface area contributed by atoms with Crippen molar-refractivity contribution in [1.29, 1.82) is 0 Å². The second kappa shape index (κ2) is 8.12. The van der Waals surface area contributed by atoms with Crippen LogP contribution in [0.3, 0.4) is 0 Å². The monoisotopic (exact) mass is 354 g/mol. The van der Waals surface area contributed by atoms with Gasteiger partial charge in [-0.3, -0.25) is 0 Å². The second-order valence-corrected chi connectivity index (χ2v) is 7.25. The third kappa shape index (κ3) is 4.39. The minimum Gasteiger partial charge on any atom is -0.390 e. The summed E-state index contributed by atoms with van der Waals surface area (Å²) in [7, 11) is 0. The molecule has 25 heavy (non-hydrogen) atoms. The summed E-state index contributed by atoms with van der Waals surface area (Å²) in [5.41, 5.74) is 0. The molecule has 142 valence electrons. The molecule has 9 unspecified atom stereocenters. The molecule has 1 saturated heterocycles. The number of hydrogen-bond acceptors (Lipinski definition) is 6. The number of rotatable bonds is 5. The molecule has 9 atom stereocenters. The maximum absolute atomic E-state index is 10.3. The third-order valence-corrected chi connectivity index (χ3v) is 5.33. The molecule has 0 aromatic carbocycles. The first-order valence-electron chi connectivity index (χ1n) is 8.84. The molecule has 0 spiro atoms. The standard InChI is InChI=1S/C19H30O6/c1-4-11(2)13(20)7-5-6-8-15-12-9-10-14(21)17(22)16(12)18(23)19(3,24)25-15/h5-18,20-24H,4H2,1-3H3. The van der Waals surface area contributed by atoms with Gasteiger partial charge in [-0.2, -0.15) is 0 Å². The van der Waals surface area contributed by atoms with E-state index < -0.39 is 42.2 Å².